The van der Waals surface area contributed by atoms with Gasteiger partial charge in [-0.25, -0.2) is 0 Å². The van der Waals surface area contributed by atoms with Gasteiger partial charge in [0.05, 0.1) is 0 Å². The van der Waals surface area contributed by atoms with E-state index in [4.69, 9.17) is 0 Å². The van der Waals surface area contributed by atoms with E-state index < -0.39 is 0 Å². The zero-order valence-corrected chi connectivity index (χ0v) is 10.3. The predicted molar refractivity (Wildman–Crippen MR) is 63.4 cm³/mol. The van der Waals surface area contributed by atoms with E-state index in [1.54, 1.807) is 0 Å². The second kappa shape index (κ2) is 3.95. The lowest BCUT2D eigenvalue weighted by Crippen LogP contribution is -2.15. The third-order valence-corrected chi connectivity index (χ3v) is 4.39. The topological polar surface area (TPSA) is 0 Å². The molecule has 0 aromatic rings. The van der Waals surface area contributed by atoms with Crippen molar-refractivity contribution in [1.29, 1.82) is 0 Å². The van der Waals surface area contributed by atoms with Gasteiger partial charge in [-0.2, -0.15) is 10.5 Å². The lowest BCUT2D eigenvalue weighted by molar-refractivity contribution is 0.401. The van der Waals surface area contributed by atoms with Crippen molar-refractivity contribution in [2.24, 2.45) is 5.41 Å². The summed E-state index contributed by atoms with van der Waals surface area (Å²) in [7, 11) is 0.316. The first kappa shape index (κ1) is 12.2. The van der Waals surface area contributed by atoms with Crippen LogP contribution in [0, 0.1) is 5.41 Å². The van der Waals surface area contributed by atoms with Gasteiger partial charge in [-0.3, -0.25) is 0 Å². The molecule has 1 atom stereocenters. The first-order chi connectivity index (χ1) is 5.13. The van der Waals surface area contributed by atoms with Gasteiger partial charge in [0.1, 0.15) is 0 Å². The summed E-state index contributed by atoms with van der Waals surface area (Å²) in [6.07, 6.45) is 1.29. The van der Waals surface area contributed by atoms with Gasteiger partial charge in [-0.15, -0.1) is 0 Å². The van der Waals surface area contributed by atoms with Crippen LogP contribution < -0.4 is 0 Å². The highest BCUT2D eigenvalue weighted by Gasteiger charge is 2.16. The molecule has 12 heavy (non-hydrogen) atoms. The summed E-state index contributed by atoms with van der Waals surface area (Å²) in [5.74, 6) is 5.51. The van der Waals surface area contributed by atoms with E-state index in [1.807, 2.05) is 0 Å². The van der Waals surface area contributed by atoms with Gasteiger partial charge in [0.2, 0.25) is 0 Å². The van der Waals surface area contributed by atoms with Crippen LogP contribution in [0.2, 0.25) is 0 Å². The van der Waals surface area contributed by atoms with Crippen molar-refractivity contribution in [1.82, 2.24) is 0 Å². The number of hydrogen-bond acceptors (Lipinski definition) is 0. The van der Waals surface area contributed by atoms with Crippen LogP contribution in [0.15, 0.2) is 0 Å². The molecular formula is C11H24S. The van der Waals surface area contributed by atoms with Crippen molar-refractivity contribution in [2.45, 2.75) is 52.7 Å². The molecule has 0 radical (unpaired) electrons. The van der Waals surface area contributed by atoms with Crippen molar-refractivity contribution in [3.8, 4) is 0 Å². The number of hydrogen-bond donors (Lipinski definition) is 0. The molecule has 0 heterocycles. The van der Waals surface area contributed by atoms with Gasteiger partial charge in [0.25, 0.3) is 0 Å². The van der Waals surface area contributed by atoms with E-state index in [1.165, 1.54) is 12.2 Å². The van der Waals surface area contributed by atoms with Gasteiger partial charge in [0.15, 0.2) is 0 Å². The van der Waals surface area contributed by atoms with E-state index in [-0.39, 0.29) is 0 Å². The van der Waals surface area contributed by atoms with Crippen molar-refractivity contribution < 1.29 is 0 Å². The Kier molecular flexibility index (Phi) is 4.02. The Morgan fingerprint density at radius 3 is 1.67 bits per heavy atom. The summed E-state index contributed by atoms with van der Waals surface area (Å²) in [6.45, 7) is 13.7. The SMILES string of the molecule is C=S(CCC(C)(C)C)C(C)(C)C. The molecule has 0 aliphatic carbocycles. The van der Waals surface area contributed by atoms with Crippen LogP contribution in [-0.4, -0.2) is 16.4 Å². The van der Waals surface area contributed by atoms with E-state index in [2.05, 4.69) is 47.4 Å². The maximum absolute atomic E-state index is 4.24. The normalized spacial score (nSPS) is 16.2. The minimum Gasteiger partial charge on any atom is -0.188 e. The molecule has 0 aromatic heterocycles. The van der Waals surface area contributed by atoms with Gasteiger partial charge in [0, 0.05) is 4.75 Å². The molecule has 0 saturated carbocycles. The Morgan fingerprint density at radius 2 is 1.42 bits per heavy atom. The largest absolute Gasteiger partial charge is 0.188 e. The number of rotatable bonds is 2. The summed E-state index contributed by atoms with van der Waals surface area (Å²) >= 11 is 0. The van der Waals surface area contributed by atoms with Gasteiger partial charge >= 0.3 is 0 Å². The molecule has 74 valence electrons. The fraction of sp³-hybridized carbons (Fsp3) is 0.909. The smallest absolute Gasteiger partial charge is 0.00201 e. The van der Waals surface area contributed by atoms with Crippen molar-refractivity contribution >= 4 is 16.4 Å². The fourth-order valence-corrected chi connectivity index (χ4v) is 2.21. The van der Waals surface area contributed by atoms with Crippen LogP contribution in [0.4, 0.5) is 0 Å². The van der Waals surface area contributed by atoms with Crippen LogP contribution >= 0.6 is 10.5 Å². The molecule has 0 N–H and O–H groups in total. The fourth-order valence-electron chi connectivity index (χ4n) is 0.736. The lowest BCUT2D eigenvalue weighted by Gasteiger charge is -2.26. The highest BCUT2D eigenvalue weighted by Crippen LogP contribution is 2.33. The maximum atomic E-state index is 4.24. The molecule has 0 spiro atoms. The Hall–Kier alpha value is 0.220. The molecular weight excluding hydrogens is 164 g/mol. The molecule has 0 bridgehead atoms. The molecule has 1 heteroatoms. The van der Waals surface area contributed by atoms with Crippen LogP contribution in [-0.2, 0) is 0 Å². The molecule has 1 unspecified atom stereocenters. The zero-order valence-electron chi connectivity index (χ0n) is 9.53. The minimum atomic E-state index is 0.316. The van der Waals surface area contributed by atoms with Crippen LogP contribution in [0.5, 0.6) is 0 Å². The molecule has 0 amide bonds. The molecule has 0 aliphatic rings. The monoisotopic (exact) mass is 188 g/mol. The van der Waals surface area contributed by atoms with Crippen LogP contribution in [0.1, 0.15) is 48.0 Å². The third-order valence-electron chi connectivity index (χ3n) is 1.96. The second-order valence-corrected chi connectivity index (χ2v) is 8.24. The highest BCUT2D eigenvalue weighted by molar-refractivity contribution is 8.15. The van der Waals surface area contributed by atoms with Gasteiger partial charge < -0.3 is 0 Å². The summed E-state index contributed by atoms with van der Waals surface area (Å²) in [4.78, 5) is 0. The average Bonchev–Trinajstić information content (AvgIpc) is 1.78. The van der Waals surface area contributed by atoms with Gasteiger partial charge in [-0.05, 0) is 17.6 Å². The molecule has 0 fully saturated rings. The first-order valence-electron chi connectivity index (χ1n) is 4.64. The van der Waals surface area contributed by atoms with Crippen molar-refractivity contribution in [2.75, 3.05) is 5.75 Å². The molecule has 0 nitrogen and oxygen atoms in total. The van der Waals surface area contributed by atoms with Crippen LogP contribution in [0.3, 0.4) is 0 Å². The summed E-state index contributed by atoms with van der Waals surface area (Å²) in [5, 5.41) is 0. The van der Waals surface area contributed by atoms with E-state index in [9.17, 15) is 0 Å². The molecule has 0 rings (SSSR count). The zero-order chi connectivity index (χ0) is 9.99. The Labute approximate surface area is 80.7 Å². The first-order valence-corrected chi connectivity index (χ1v) is 6.20. The Morgan fingerprint density at radius 1 is 1.00 bits per heavy atom. The van der Waals surface area contributed by atoms with E-state index in [0.717, 1.165) is 0 Å². The van der Waals surface area contributed by atoms with E-state index in [0.29, 0.717) is 20.6 Å². The molecule has 0 aromatic carbocycles. The predicted octanol–water partition coefficient (Wildman–Crippen LogP) is 3.92. The summed E-state index contributed by atoms with van der Waals surface area (Å²) in [6, 6.07) is 0. The molecule has 0 saturated heterocycles. The third kappa shape index (κ3) is 5.82. The van der Waals surface area contributed by atoms with Crippen molar-refractivity contribution in [3.63, 3.8) is 0 Å². The maximum Gasteiger partial charge on any atom is 0.00201 e. The van der Waals surface area contributed by atoms with Crippen LogP contribution in [0.25, 0.3) is 0 Å². The average molecular weight is 188 g/mol. The van der Waals surface area contributed by atoms with Crippen molar-refractivity contribution in [3.05, 3.63) is 0 Å². The van der Waals surface area contributed by atoms with E-state index >= 15 is 0 Å². The highest BCUT2D eigenvalue weighted by atomic mass is 32.2. The Balaban J connectivity index is 3.90. The van der Waals surface area contributed by atoms with Gasteiger partial charge in [-0.1, -0.05) is 47.4 Å². The minimum absolute atomic E-state index is 0.316. The lowest BCUT2D eigenvalue weighted by atomic mass is 9.94. The quantitative estimate of drug-likeness (QED) is 0.576. The molecule has 0 aliphatic heterocycles. The standard InChI is InChI=1S/C11H24S/c1-10(2,3)8-9-12(7)11(4,5)6/h7-9H2,1-6H3. The Bertz CT molecular complexity index is 155. The summed E-state index contributed by atoms with van der Waals surface area (Å²) in [5.41, 5.74) is 0.466. The summed E-state index contributed by atoms with van der Waals surface area (Å²) < 4.78 is 0.394. The second-order valence-electron chi connectivity index (χ2n) is 5.62.